The molecule has 6 nitrogen and oxygen atoms in total. The smallest absolute Gasteiger partial charge is 0.270 e. The van der Waals surface area contributed by atoms with Crippen LogP contribution in [-0.2, 0) is 0 Å². The zero-order chi connectivity index (χ0) is 12.9. The number of hydrogen-bond donors (Lipinski definition) is 0. The summed E-state index contributed by atoms with van der Waals surface area (Å²) < 4.78 is 1.46. The number of fused-ring (bicyclic) bond motifs is 3. The maximum Gasteiger partial charge on any atom is 0.270 e. The molecule has 3 rings (SSSR count). The maximum absolute atomic E-state index is 11.8. The van der Waals surface area contributed by atoms with E-state index < -0.39 is 0 Å². The minimum atomic E-state index is 0.236. The number of hydrogen-bond acceptors (Lipinski definition) is 4. The van der Waals surface area contributed by atoms with Crippen molar-refractivity contribution in [1.29, 1.82) is 5.26 Å². The topological polar surface area (TPSA) is 80.9 Å². The molecule has 88 valence electrons. The molecule has 0 fully saturated rings. The fraction of sp³-hybridized carbons (Fsp3) is 0.0909. The first kappa shape index (κ1) is 10.7. The lowest BCUT2D eigenvalue weighted by molar-refractivity contribution is -0.640. The van der Waals surface area contributed by atoms with Crippen molar-refractivity contribution in [2.45, 2.75) is 6.92 Å². The molecule has 0 radical (unpaired) electrons. The summed E-state index contributed by atoms with van der Waals surface area (Å²) in [4.78, 5) is 0.475. The molecule has 2 heterocycles. The summed E-state index contributed by atoms with van der Waals surface area (Å²) in [5.41, 5.74) is 1.92. The predicted molar refractivity (Wildman–Crippen MR) is 63.9 cm³/mol. The van der Waals surface area contributed by atoms with E-state index in [9.17, 15) is 5.21 Å². The summed E-state index contributed by atoms with van der Waals surface area (Å²) in [7, 11) is 0. The average molecular weight is 260 g/mol. The van der Waals surface area contributed by atoms with Crippen LogP contribution in [0.25, 0.3) is 16.7 Å². The lowest BCUT2D eigenvalue weighted by Crippen LogP contribution is -2.33. The summed E-state index contributed by atoms with van der Waals surface area (Å²) in [6, 6.07) is 6.79. The van der Waals surface area contributed by atoms with Crippen molar-refractivity contribution < 1.29 is 4.85 Å². The molecule has 0 atom stereocenters. The molecule has 1 aromatic carbocycles. The van der Waals surface area contributed by atoms with E-state index >= 15 is 0 Å². The minimum absolute atomic E-state index is 0.236. The van der Waals surface area contributed by atoms with Crippen LogP contribution >= 0.6 is 11.6 Å². The predicted octanol–water partition coefficient (Wildman–Crippen LogP) is 1.35. The van der Waals surface area contributed by atoms with Crippen LogP contribution in [0.3, 0.4) is 0 Å². The summed E-state index contributed by atoms with van der Waals surface area (Å²) in [6.45, 7) is 1.69. The van der Waals surface area contributed by atoms with Crippen molar-refractivity contribution in [3.63, 3.8) is 0 Å². The van der Waals surface area contributed by atoms with Gasteiger partial charge < -0.3 is 5.21 Å². The van der Waals surface area contributed by atoms with Crippen molar-refractivity contribution in [3.05, 3.63) is 39.7 Å². The van der Waals surface area contributed by atoms with E-state index in [4.69, 9.17) is 16.9 Å². The summed E-state index contributed by atoms with van der Waals surface area (Å²) in [5.74, 6) is 0. The fourth-order valence-corrected chi connectivity index (χ4v) is 2.04. The van der Waals surface area contributed by atoms with E-state index in [1.54, 1.807) is 25.1 Å². The molecular weight excluding hydrogens is 254 g/mol. The van der Waals surface area contributed by atoms with Crippen LogP contribution in [0.2, 0.25) is 5.02 Å². The van der Waals surface area contributed by atoms with Crippen LogP contribution in [-0.4, -0.2) is 14.7 Å². The Bertz CT molecular complexity index is 833. The van der Waals surface area contributed by atoms with Crippen LogP contribution in [0.1, 0.15) is 11.3 Å². The highest BCUT2D eigenvalue weighted by Crippen LogP contribution is 2.19. The van der Waals surface area contributed by atoms with Crippen LogP contribution in [0, 0.1) is 23.5 Å². The lowest BCUT2D eigenvalue weighted by atomic mass is 10.3. The number of benzene rings is 1. The second kappa shape index (κ2) is 3.55. The van der Waals surface area contributed by atoms with Gasteiger partial charge in [-0.25, -0.2) is 4.52 Å². The van der Waals surface area contributed by atoms with Gasteiger partial charge in [-0.3, -0.25) is 0 Å². The standard InChI is InChI=1S/C11H6ClN5O/c1-6-8(5-13)11-15-17(18)9-3-2-7(12)4-10(9)16(11)14-6/h2-4H,1H3. The highest BCUT2D eigenvalue weighted by molar-refractivity contribution is 6.31. The van der Waals surface area contributed by atoms with Crippen molar-refractivity contribution in [1.82, 2.24) is 14.7 Å². The number of halogens is 1. The highest BCUT2D eigenvalue weighted by atomic mass is 35.5. The maximum atomic E-state index is 11.8. The third-order valence-corrected chi connectivity index (χ3v) is 2.94. The van der Waals surface area contributed by atoms with Crippen molar-refractivity contribution in [2.24, 2.45) is 0 Å². The van der Waals surface area contributed by atoms with Crippen molar-refractivity contribution >= 4 is 28.3 Å². The minimum Gasteiger partial charge on any atom is -0.594 e. The van der Waals surface area contributed by atoms with Gasteiger partial charge in [-0.2, -0.15) is 10.4 Å². The van der Waals surface area contributed by atoms with E-state index in [1.807, 2.05) is 6.07 Å². The van der Waals surface area contributed by atoms with Crippen LogP contribution in [0.5, 0.6) is 0 Å². The molecule has 0 bridgehead atoms. The quantitative estimate of drug-likeness (QED) is 0.451. The monoisotopic (exact) mass is 259 g/mol. The van der Waals surface area contributed by atoms with Crippen LogP contribution < -0.4 is 4.85 Å². The molecule has 0 unspecified atom stereocenters. The zero-order valence-corrected chi connectivity index (χ0v) is 10.0. The summed E-state index contributed by atoms with van der Waals surface area (Å²) in [5, 5.41) is 29.4. The van der Waals surface area contributed by atoms with E-state index in [2.05, 4.69) is 10.2 Å². The Hall–Kier alpha value is -2.39. The Morgan fingerprint density at radius 3 is 3.00 bits per heavy atom. The largest absolute Gasteiger partial charge is 0.594 e. The SMILES string of the molecule is Cc1nn2c(n[n+]([O-])c3ccc(Cl)cc32)c1C#N. The average Bonchev–Trinajstić information content (AvgIpc) is 2.65. The number of rotatable bonds is 0. The second-order valence-corrected chi connectivity index (χ2v) is 4.25. The molecule has 0 saturated heterocycles. The third-order valence-electron chi connectivity index (χ3n) is 2.71. The summed E-state index contributed by atoms with van der Waals surface area (Å²) in [6.07, 6.45) is 0. The normalized spacial score (nSPS) is 10.9. The molecule has 0 amide bonds. The van der Waals surface area contributed by atoms with Crippen molar-refractivity contribution in [2.75, 3.05) is 0 Å². The molecule has 2 aromatic heterocycles. The molecule has 0 aliphatic heterocycles. The third kappa shape index (κ3) is 1.31. The summed E-state index contributed by atoms with van der Waals surface area (Å²) >= 11 is 5.91. The van der Waals surface area contributed by atoms with Gasteiger partial charge in [-0.15, -0.1) is 0 Å². The molecule has 7 heteroatoms. The Morgan fingerprint density at radius 1 is 1.50 bits per heavy atom. The molecule has 0 spiro atoms. The Morgan fingerprint density at radius 2 is 2.28 bits per heavy atom. The van der Waals surface area contributed by atoms with E-state index in [-0.39, 0.29) is 5.65 Å². The Kier molecular flexibility index (Phi) is 2.12. The van der Waals surface area contributed by atoms with Gasteiger partial charge in [0.25, 0.3) is 5.52 Å². The first-order valence-electron chi connectivity index (χ1n) is 5.10. The number of aryl methyl sites for hydroxylation is 1. The second-order valence-electron chi connectivity index (χ2n) is 3.81. The first-order valence-corrected chi connectivity index (χ1v) is 5.48. The van der Waals surface area contributed by atoms with Gasteiger partial charge in [0.2, 0.25) is 5.65 Å². The molecular formula is C11H6ClN5O. The van der Waals surface area contributed by atoms with E-state index in [0.717, 1.165) is 0 Å². The fourth-order valence-electron chi connectivity index (χ4n) is 1.87. The van der Waals surface area contributed by atoms with Crippen molar-refractivity contribution in [3.8, 4) is 6.07 Å². The van der Waals surface area contributed by atoms with E-state index in [0.29, 0.717) is 32.2 Å². The van der Waals surface area contributed by atoms with Crippen LogP contribution in [0.15, 0.2) is 18.2 Å². The zero-order valence-electron chi connectivity index (χ0n) is 9.25. The van der Waals surface area contributed by atoms with Crippen LogP contribution in [0.4, 0.5) is 0 Å². The molecule has 0 saturated carbocycles. The molecule has 0 aliphatic rings. The van der Waals surface area contributed by atoms with Gasteiger partial charge in [0, 0.05) is 16.2 Å². The highest BCUT2D eigenvalue weighted by Gasteiger charge is 2.18. The van der Waals surface area contributed by atoms with Gasteiger partial charge in [0.15, 0.2) is 0 Å². The molecule has 0 N–H and O–H groups in total. The molecule has 18 heavy (non-hydrogen) atoms. The Balaban J connectivity index is 2.62. The first-order chi connectivity index (χ1) is 8.61. The van der Waals surface area contributed by atoms with E-state index in [1.165, 1.54) is 4.52 Å². The lowest BCUT2D eigenvalue weighted by Gasteiger charge is -2.01. The molecule has 3 aromatic rings. The van der Waals surface area contributed by atoms with Gasteiger partial charge >= 0.3 is 0 Å². The van der Waals surface area contributed by atoms with Gasteiger partial charge in [0.1, 0.15) is 17.1 Å². The number of nitriles is 1. The van der Waals surface area contributed by atoms with Gasteiger partial charge in [-0.1, -0.05) is 11.6 Å². The Labute approximate surface area is 106 Å². The molecule has 0 aliphatic carbocycles. The van der Waals surface area contributed by atoms with Gasteiger partial charge in [-0.05, 0) is 23.9 Å². The number of nitrogens with zero attached hydrogens (tertiary/aromatic N) is 5. The van der Waals surface area contributed by atoms with Gasteiger partial charge in [0.05, 0.1) is 5.69 Å². The number of aromatic nitrogens is 4.